The molecule has 5 rings (SSSR count). The first-order valence-corrected chi connectivity index (χ1v) is 11.4. The number of furan rings is 1. The zero-order valence-corrected chi connectivity index (χ0v) is 19.5. The van der Waals surface area contributed by atoms with Crippen molar-refractivity contribution in [2.24, 2.45) is 5.10 Å². The summed E-state index contributed by atoms with van der Waals surface area (Å²) in [7, 11) is 0. The van der Waals surface area contributed by atoms with Crippen molar-refractivity contribution in [2.45, 2.75) is 13.5 Å². The lowest BCUT2D eigenvalue weighted by Crippen LogP contribution is -2.16. The molecule has 0 radical (unpaired) electrons. The summed E-state index contributed by atoms with van der Waals surface area (Å²) in [6.45, 7) is 2.95. The molecule has 36 heavy (non-hydrogen) atoms. The summed E-state index contributed by atoms with van der Waals surface area (Å²) in [6, 6.07) is 21.7. The molecule has 0 saturated heterocycles. The van der Waals surface area contributed by atoms with Crippen molar-refractivity contribution in [1.29, 1.82) is 0 Å². The maximum absolute atomic E-state index is 12.6. The lowest BCUT2D eigenvalue weighted by Gasteiger charge is -2.06. The number of nitrogens with zero attached hydrogens (tertiary/aromatic N) is 2. The molecule has 8 nitrogen and oxygen atoms in total. The first kappa shape index (κ1) is 22.9. The highest BCUT2D eigenvalue weighted by atomic mass is 16.5. The molecule has 5 aromatic rings. The second kappa shape index (κ2) is 9.79. The number of hydrogen-bond donors (Lipinski definition) is 2. The predicted molar refractivity (Wildman–Crippen MR) is 137 cm³/mol. The number of amides is 1. The number of benzene rings is 3. The number of ether oxygens (including phenoxy) is 1. The zero-order valence-electron chi connectivity index (χ0n) is 19.5. The Balaban J connectivity index is 1.35. The van der Waals surface area contributed by atoms with Crippen LogP contribution < -0.4 is 10.2 Å². The summed E-state index contributed by atoms with van der Waals surface area (Å²) >= 11 is 0. The summed E-state index contributed by atoms with van der Waals surface area (Å²) in [5, 5.41) is 15.1. The summed E-state index contributed by atoms with van der Waals surface area (Å²) in [5.74, 6) is -0.565. The van der Waals surface area contributed by atoms with Gasteiger partial charge in [0.25, 0.3) is 0 Å². The Morgan fingerprint density at radius 1 is 1.08 bits per heavy atom. The van der Waals surface area contributed by atoms with Gasteiger partial charge in [-0.3, -0.25) is 4.79 Å². The van der Waals surface area contributed by atoms with E-state index in [9.17, 15) is 14.7 Å². The second-order valence-electron chi connectivity index (χ2n) is 8.18. The number of carbonyl (C=O) groups excluding carboxylic acids is 1. The van der Waals surface area contributed by atoms with Crippen molar-refractivity contribution in [3.8, 4) is 5.75 Å². The number of rotatable bonds is 8. The molecule has 2 N–H and O–H groups in total. The van der Waals surface area contributed by atoms with Crippen LogP contribution in [0.15, 0.2) is 88.5 Å². The number of fused-ring (bicyclic) bond motifs is 2. The fourth-order valence-corrected chi connectivity index (χ4v) is 4.11. The number of para-hydroxylation sites is 1. The molecule has 3 aromatic carbocycles. The third kappa shape index (κ3) is 4.69. The number of hydrogen-bond acceptors (Lipinski definition) is 5. The second-order valence-corrected chi connectivity index (χ2v) is 8.18. The van der Waals surface area contributed by atoms with Crippen molar-refractivity contribution in [3.63, 3.8) is 0 Å². The molecule has 0 fully saturated rings. The first-order valence-electron chi connectivity index (χ1n) is 11.4. The van der Waals surface area contributed by atoms with Crippen LogP contribution in [-0.2, 0) is 6.54 Å². The average molecular weight is 482 g/mol. The van der Waals surface area contributed by atoms with Crippen LogP contribution in [0.2, 0.25) is 0 Å². The molecule has 2 aromatic heterocycles. The van der Waals surface area contributed by atoms with Gasteiger partial charge in [0.15, 0.2) is 5.76 Å². The van der Waals surface area contributed by atoms with Crippen molar-refractivity contribution in [2.75, 3.05) is 6.61 Å². The minimum atomic E-state index is -0.961. The molecule has 0 aliphatic heterocycles. The Morgan fingerprint density at radius 3 is 2.78 bits per heavy atom. The summed E-state index contributed by atoms with van der Waals surface area (Å²) in [5.41, 5.74) is 6.00. The Kier molecular flexibility index (Phi) is 6.23. The van der Waals surface area contributed by atoms with E-state index in [1.165, 1.54) is 0 Å². The van der Waals surface area contributed by atoms with Crippen LogP contribution in [0, 0.1) is 0 Å². The summed E-state index contributed by atoms with van der Waals surface area (Å²) in [4.78, 5) is 23.9. The fraction of sp³-hybridized carbons (Fsp3) is 0.107. The van der Waals surface area contributed by atoms with E-state index in [1.54, 1.807) is 42.6 Å². The molecule has 0 saturated carbocycles. The van der Waals surface area contributed by atoms with E-state index in [0.29, 0.717) is 24.5 Å². The van der Waals surface area contributed by atoms with Crippen LogP contribution in [-0.4, -0.2) is 34.4 Å². The maximum atomic E-state index is 12.6. The average Bonchev–Trinajstić information content (AvgIpc) is 3.46. The molecule has 0 aliphatic rings. The molecular weight excluding hydrogens is 458 g/mol. The number of carbonyl (C=O) groups is 2. The van der Waals surface area contributed by atoms with Gasteiger partial charge in [-0.15, -0.1) is 0 Å². The first-order chi connectivity index (χ1) is 17.5. The molecule has 8 heteroatoms. The fourth-order valence-electron chi connectivity index (χ4n) is 4.11. The smallest absolute Gasteiger partial charge is 0.335 e. The van der Waals surface area contributed by atoms with Crippen LogP contribution in [0.1, 0.15) is 39.0 Å². The minimum Gasteiger partial charge on any atom is -0.494 e. The van der Waals surface area contributed by atoms with E-state index < -0.39 is 11.9 Å². The summed E-state index contributed by atoms with van der Waals surface area (Å²) < 4.78 is 13.2. The van der Waals surface area contributed by atoms with Gasteiger partial charge in [-0.1, -0.05) is 30.3 Å². The predicted octanol–water partition coefficient (Wildman–Crippen LogP) is 5.30. The molecular formula is C28H23N3O5. The number of hydrazone groups is 1. The normalized spacial score (nSPS) is 11.4. The number of nitrogens with one attached hydrogen (secondary N) is 1. The van der Waals surface area contributed by atoms with Crippen LogP contribution in [0.3, 0.4) is 0 Å². The molecule has 0 aliphatic carbocycles. The van der Waals surface area contributed by atoms with Gasteiger partial charge in [0.2, 0.25) is 0 Å². The van der Waals surface area contributed by atoms with Gasteiger partial charge >= 0.3 is 11.9 Å². The Bertz CT molecular complexity index is 1610. The molecule has 1 amide bonds. The molecule has 0 spiro atoms. The summed E-state index contributed by atoms with van der Waals surface area (Å²) in [6.07, 6.45) is 3.50. The van der Waals surface area contributed by atoms with Crippen LogP contribution in [0.4, 0.5) is 0 Å². The Morgan fingerprint density at radius 2 is 1.94 bits per heavy atom. The quantitative estimate of drug-likeness (QED) is 0.231. The Labute approximate surface area is 206 Å². The number of carboxylic acid groups (broad SMARTS) is 1. The lowest BCUT2D eigenvalue weighted by molar-refractivity contribution is 0.0696. The van der Waals surface area contributed by atoms with Crippen LogP contribution in [0.5, 0.6) is 5.75 Å². The standard InChI is InChI=1S/C28H23N3O5/c1-2-35-22-10-11-25-20(13-22)14-26(36-25)27(32)30-29-15-21-17-31(24-9-4-3-8-23(21)24)16-18-6-5-7-19(12-18)28(33)34/h3-15,17H,2,16H2,1H3,(H,30,32)(H,33,34)/b29-15+. The van der Waals surface area contributed by atoms with Crippen molar-refractivity contribution < 1.29 is 23.8 Å². The highest BCUT2D eigenvalue weighted by molar-refractivity contribution is 6.01. The van der Waals surface area contributed by atoms with Gasteiger partial charge in [0.1, 0.15) is 11.3 Å². The van der Waals surface area contributed by atoms with Gasteiger partial charge in [-0.2, -0.15) is 5.10 Å². The minimum absolute atomic E-state index is 0.150. The molecule has 0 atom stereocenters. The SMILES string of the molecule is CCOc1ccc2oc(C(=O)N/N=C/c3cn(Cc4cccc(C(=O)O)c4)c4ccccc34)cc2c1. The number of aromatic nitrogens is 1. The maximum Gasteiger partial charge on any atom is 0.335 e. The largest absolute Gasteiger partial charge is 0.494 e. The van der Waals surface area contributed by atoms with Gasteiger partial charge in [0.05, 0.1) is 18.4 Å². The van der Waals surface area contributed by atoms with Gasteiger partial charge in [0, 0.05) is 34.6 Å². The van der Waals surface area contributed by atoms with Crippen molar-refractivity contribution >= 4 is 40.0 Å². The topological polar surface area (TPSA) is 106 Å². The molecule has 0 bridgehead atoms. The molecule has 2 heterocycles. The van der Waals surface area contributed by atoms with Gasteiger partial charge in [-0.05, 0) is 55.0 Å². The van der Waals surface area contributed by atoms with Crippen molar-refractivity contribution in [3.05, 3.63) is 101 Å². The third-order valence-electron chi connectivity index (χ3n) is 5.74. The number of carboxylic acids is 1. The molecule has 180 valence electrons. The van der Waals surface area contributed by atoms with Gasteiger partial charge in [-0.25, -0.2) is 10.2 Å². The van der Waals surface area contributed by atoms with E-state index in [2.05, 4.69) is 10.5 Å². The van der Waals surface area contributed by atoms with E-state index in [-0.39, 0.29) is 11.3 Å². The van der Waals surface area contributed by atoms with Crippen LogP contribution in [0.25, 0.3) is 21.9 Å². The third-order valence-corrected chi connectivity index (χ3v) is 5.74. The van der Waals surface area contributed by atoms with E-state index in [0.717, 1.165) is 27.4 Å². The van der Waals surface area contributed by atoms with Crippen LogP contribution >= 0.6 is 0 Å². The Hall–Kier alpha value is -4.85. The number of aromatic carboxylic acids is 1. The lowest BCUT2D eigenvalue weighted by atomic mass is 10.1. The monoisotopic (exact) mass is 481 g/mol. The van der Waals surface area contributed by atoms with Gasteiger partial charge < -0.3 is 18.8 Å². The highest BCUT2D eigenvalue weighted by Gasteiger charge is 2.13. The van der Waals surface area contributed by atoms with E-state index in [1.807, 2.05) is 54.1 Å². The zero-order chi connectivity index (χ0) is 25.1. The van der Waals surface area contributed by atoms with Crippen molar-refractivity contribution in [1.82, 2.24) is 9.99 Å². The van der Waals surface area contributed by atoms with E-state index in [4.69, 9.17) is 9.15 Å². The molecule has 0 unspecified atom stereocenters. The highest BCUT2D eigenvalue weighted by Crippen LogP contribution is 2.25. The van der Waals surface area contributed by atoms with E-state index >= 15 is 0 Å².